The molecule has 1 aromatic heterocycles. The van der Waals surface area contributed by atoms with E-state index in [0.29, 0.717) is 50.1 Å². The number of Topliss-reactive ketones (excluding diaryl/α,β-unsaturated/α-hetero) is 1. The highest BCUT2D eigenvalue weighted by atomic mass is 16.6. The first-order chi connectivity index (χ1) is 13.1. The van der Waals surface area contributed by atoms with E-state index in [1.165, 1.54) is 6.92 Å². The van der Waals surface area contributed by atoms with Crippen LogP contribution in [0.15, 0.2) is 30.5 Å². The molecule has 1 fully saturated rings. The van der Waals surface area contributed by atoms with Crippen molar-refractivity contribution in [2.45, 2.75) is 13.8 Å². The topological polar surface area (TPSA) is 101 Å². The Morgan fingerprint density at radius 1 is 1.15 bits per heavy atom. The van der Waals surface area contributed by atoms with E-state index in [1.54, 1.807) is 42.3 Å². The predicted molar refractivity (Wildman–Crippen MR) is 100 cm³/mol. The van der Waals surface area contributed by atoms with Crippen LogP contribution in [0.3, 0.4) is 0 Å². The number of nitrogens with zero attached hydrogens (tertiary/aromatic N) is 5. The number of hydrogen-bond donors (Lipinski definition) is 1. The minimum absolute atomic E-state index is 0.0171. The Morgan fingerprint density at radius 3 is 2.48 bits per heavy atom. The largest absolute Gasteiger partial charge is 0.450 e. The molecule has 0 atom stereocenters. The number of ketones is 1. The van der Waals surface area contributed by atoms with Crippen LogP contribution in [0.5, 0.6) is 0 Å². The molecule has 1 aliphatic rings. The zero-order chi connectivity index (χ0) is 19.2. The SMILES string of the molecule is CCOC(=O)N1CCN(c2cnnc(Nc3ccc(C(C)=O)cc3)n2)CC1. The molecule has 1 aromatic carbocycles. The average molecular weight is 370 g/mol. The van der Waals surface area contributed by atoms with Crippen molar-refractivity contribution in [3.63, 3.8) is 0 Å². The summed E-state index contributed by atoms with van der Waals surface area (Å²) in [6, 6.07) is 7.09. The van der Waals surface area contributed by atoms with E-state index < -0.39 is 0 Å². The molecule has 1 N–H and O–H groups in total. The van der Waals surface area contributed by atoms with E-state index in [1.807, 2.05) is 0 Å². The third-order valence-electron chi connectivity index (χ3n) is 4.22. The lowest BCUT2D eigenvalue weighted by Crippen LogP contribution is -2.49. The molecule has 0 spiro atoms. The van der Waals surface area contributed by atoms with Crippen molar-refractivity contribution < 1.29 is 14.3 Å². The Labute approximate surface area is 157 Å². The lowest BCUT2D eigenvalue weighted by Gasteiger charge is -2.34. The number of ether oxygens (including phenoxy) is 1. The second-order valence-electron chi connectivity index (χ2n) is 6.07. The molecule has 3 rings (SSSR count). The molecule has 142 valence electrons. The maximum atomic E-state index is 11.8. The zero-order valence-electron chi connectivity index (χ0n) is 15.4. The van der Waals surface area contributed by atoms with E-state index in [4.69, 9.17) is 4.74 Å². The fourth-order valence-electron chi connectivity index (χ4n) is 2.75. The van der Waals surface area contributed by atoms with Gasteiger partial charge >= 0.3 is 6.09 Å². The van der Waals surface area contributed by atoms with Crippen LogP contribution in [-0.4, -0.2) is 64.7 Å². The van der Waals surface area contributed by atoms with Gasteiger partial charge in [0.2, 0.25) is 5.95 Å². The van der Waals surface area contributed by atoms with Gasteiger partial charge in [0.15, 0.2) is 11.6 Å². The van der Waals surface area contributed by atoms with Crippen molar-refractivity contribution in [2.24, 2.45) is 0 Å². The highest BCUT2D eigenvalue weighted by Gasteiger charge is 2.23. The predicted octanol–water partition coefficient (Wildman–Crippen LogP) is 2.10. The molecule has 9 nitrogen and oxygen atoms in total. The van der Waals surface area contributed by atoms with Gasteiger partial charge in [-0.2, -0.15) is 10.1 Å². The van der Waals surface area contributed by atoms with Gasteiger partial charge in [-0.15, -0.1) is 5.10 Å². The quantitative estimate of drug-likeness (QED) is 0.799. The van der Waals surface area contributed by atoms with Gasteiger partial charge < -0.3 is 19.9 Å². The molecule has 0 saturated carbocycles. The number of rotatable bonds is 5. The Kier molecular flexibility index (Phi) is 5.80. The maximum absolute atomic E-state index is 11.8. The van der Waals surface area contributed by atoms with Gasteiger partial charge in [0, 0.05) is 37.4 Å². The van der Waals surface area contributed by atoms with Crippen LogP contribution in [0, 0.1) is 0 Å². The summed E-state index contributed by atoms with van der Waals surface area (Å²) < 4.78 is 5.03. The second kappa shape index (κ2) is 8.43. The second-order valence-corrected chi connectivity index (χ2v) is 6.07. The van der Waals surface area contributed by atoms with Gasteiger partial charge in [-0.3, -0.25) is 4.79 Å². The first kappa shape index (κ1) is 18.6. The Hall–Kier alpha value is -3.23. The van der Waals surface area contributed by atoms with Crippen molar-refractivity contribution in [3.05, 3.63) is 36.0 Å². The molecule has 27 heavy (non-hydrogen) atoms. The molecule has 0 bridgehead atoms. The minimum atomic E-state index is -0.283. The number of piperazine rings is 1. The average Bonchev–Trinajstić information content (AvgIpc) is 2.69. The van der Waals surface area contributed by atoms with Crippen molar-refractivity contribution >= 4 is 29.3 Å². The molecular weight excluding hydrogens is 348 g/mol. The number of hydrogen-bond acceptors (Lipinski definition) is 8. The van der Waals surface area contributed by atoms with Crippen molar-refractivity contribution in [3.8, 4) is 0 Å². The summed E-state index contributed by atoms with van der Waals surface area (Å²) in [5.74, 6) is 1.08. The smallest absolute Gasteiger partial charge is 0.409 e. The summed E-state index contributed by atoms with van der Waals surface area (Å²) in [5.41, 5.74) is 1.42. The molecular formula is C18H22N6O3. The number of nitrogens with one attached hydrogen (secondary N) is 1. The summed E-state index contributed by atoms with van der Waals surface area (Å²) in [4.78, 5) is 31.4. The summed E-state index contributed by atoms with van der Waals surface area (Å²) in [7, 11) is 0. The van der Waals surface area contributed by atoms with Crippen LogP contribution in [0.1, 0.15) is 24.2 Å². The molecule has 1 amide bonds. The van der Waals surface area contributed by atoms with Crippen LogP contribution >= 0.6 is 0 Å². The Morgan fingerprint density at radius 2 is 1.85 bits per heavy atom. The molecule has 1 saturated heterocycles. The molecule has 0 aliphatic carbocycles. The molecule has 9 heteroatoms. The van der Waals surface area contributed by atoms with Crippen LogP contribution in [0.2, 0.25) is 0 Å². The number of carbonyl (C=O) groups excluding carboxylic acids is 2. The van der Waals surface area contributed by atoms with Gasteiger partial charge in [-0.25, -0.2) is 4.79 Å². The molecule has 1 aliphatic heterocycles. The highest BCUT2D eigenvalue weighted by Crippen LogP contribution is 2.18. The zero-order valence-corrected chi connectivity index (χ0v) is 15.4. The maximum Gasteiger partial charge on any atom is 0.409 e. The minimum Gasteiger partial charge on any atom is -0.450 e. The molecule has 0 radical (unpaired) electrons. The van der Waals surface area contributed by atoms with Crippen LogP contribution in [-0.2, 0) is 4.74 Å². The standard InChI is InChI=1S/C18H22N6O3/c1-3-27-18(26)24-10-8-23(9-11-24)16-12-19-22-17(21-16)20-15-6-4-14(5-7-15)13(2)25/h4-7,12H,3,8-11H2,1-2H3,(H,20,21,22). The van der Waals surface area contributed by atoms with Crippen LogP contribution in [0.4, 0.5) is 22.2 Å². The lowest BCUT2D eigenvalue weighted by atomic mass is 10.1. The van der Waals surface area contributed by atoms with Crippen molar-refractivity contribution in [2.75, 3.05) is 43.0 Å². The lowest BCUT2D eigenvalue weighted by molar-refractivity contribution is 0.101. The number of benzene rings is 1. The van der Waals surface area contributed by atoms with E-state index in [2.05, 4.69) is 25.4 Å². The fourth-order valence-corrected chi connectivity index (χ4v) is 2.75. The van der Waals surface area contributed by atoms with E-state index in [0.717, 1.165) is 5.69 Å². The van der Waals surface area contributed by atoms with Gasteiger partial charge in [0.25, 0.3) is 0 Å². The number of anilines is 3. The first-order valence-corrected chi connectivity index (χ1v) is 8.81. The van der Waals surface area contributed by atoms with Crippen molar-refractivity contribution in [1.82, 2.24) is 20.1 Å². The normalized spacial score (nSPS) is 14.0. The van der Waals surface area contributed by atoms with Gasteiger partial charge in [0.05, 0.1) is 12.8 Å². The molecule has 0 unspecified atom stereocenters. The summed E-state index contributed by atoms with van der Waals surface area (Å²) in [6.45, 7) is 6.12. The molecule has 2 heterocycles. The summed E-state index contributed by atoms with van der Waals surface area (Å²) in [6.07, 6.45) is 1.32. The van der Waals surface area contributed by atoms with Gasteiger partial charge in [-0.05, 0) is 38.1 Å². The summed E-state index contributed by atoms with van der Waals surface area (Å²) in [5, 5.41) is 11.1. The van der Waals surface area contributed by atoms with Gasteiger partial charge in [-0.1, -0.05) is 0 Å². The third kappa shape index (κ3) is 4.69. The van der Waals surface area contributed by atoms with E-state index >= 15 is 0 Å². The van der Waals surface area contributed by atoms with Crippen LogP contribution < -0.4 is 10.2 Å². The van der Waals surface area contributed by atoms with E-state index in [9.17, 15) is 9.59 Å². The Balaban J connectivity index is 1.62. The Bertz CT molecular complexity index is 803. The number of amides is 1. The number of aromatic nitrogens is 3. The van der Waals surface area contributed by atoms with Gasteiger partial charge in [0.1, 0.15) is 0 Å². The van der Waals surface area contributed by atoms with Crippen LogP contribution in [0.25, 0.3) is 0 Å². The fraction of sp³-hybridized carbons (Fsp3) is 0.389. The number of carbonyl (C=O) groups is 2. The highest BCUT2D eigenvalue weighted by molar-refractivity contribution is 5.94. The summed E-state index contributed by atoms with van der Waals surface area (Å²) >= 11 is 0. The third-order valence-corrected chi connectivity index (χ3v) is 4.22. The first-order valence-electron chi connectivity index (χ1n) is 8.81. The van der Waals surface area contributed by atoms with Crippen molar-refractivity contribution in [1.29, 1.82) is 0 Å². The monoisotopic (exact) mass is 370 g/mol. The van der Waals surface area contributed by atoms with E-state index in [-0.39, 0.29) is 11.9 Å². The molecule has 2 aromatic rings.